The summed E-state index contributed by atoms with van der Waals surface area (Å²) >= 11 is 2.17. The molecule has 0 aromatic heterocycles. The molecule has 0 bridgehead atoms. The molecule has 1 atom stereocenters. The van der Waals surface area contributed by atoms with Gasteiger partial charge in [0.2, 0.25) is 0 Å². The van der Waals surface area contributed by atoms with Gasteiger partial charge in [0, 0.05) is 3.57 Å². The summed E-state index contributed by atoms with van der Waals surface area (Å²) in [5.41, 5.74) is 0.570. The lowest BCUT2D eigenvalue weighted by atomic mass is 10.2. The van der Waals surface area contributed by atoms with Gasteiger partial charge in [-0.2, -0.15) is 0 Å². The van der Waals surface area contributed by atoms with Crippen LogP contribution in [0.5, 0.6) is 0 Å². The third-order valence-electron chi connectivity index (χ3n) is 1.19. The molecule has 0 fully saturated rings. The fraction of sp³-hybridized carbons (Fsp3) is 0.364. The number of benzene rings is 1. The zero-order valence-corrected chi connectivity index (χ0v) is 12.9. The first-order chi connectivity index (χ1) is 7.24. The van der Waals surface area contributed by atoms with Crippen molar-refractivity contribution in [2.45, 2.75) is 27.7 Å². The molecule has 0 aliphatic rings. The van der Waals surface area contributed by atoms with Crippen LogP contribution in [0, 0.1) is 3.57 Å². The molecule has 0 aliphatic heterocycles. The lowest BCUT2D eigenvalue weighted by Gasteiger charge is -1.96. The Morgan fingerprint density at radius 3 is 1.87 bits per heavy atom. The highest BCUT2D eigenvalue weighted by Crippen LogP contribution is 2.08. The average molecular weight is 340 g/mol. The third-order valence-corrected chi connectivity index (χ3v) is 2.12. The molecule has 1 rings (SSSR count). The van der Waals surface area contributed by atoms with Gasteiger partial charge in [-0.05, 0) is 46.9 Å². The summed E-state index contributed by atoms with van der Waals surface area (Å²) in [7, 11) is 1.93. The molecule has 1 aromatic rings. The van der Waals surface area contributed by atoms with E-state index in [0.29, 0.717) is 5.56 Å². The molecule has 0 N–H and O–H groups in total. The van der Waals surface area contributed by atoms with Crippen LogP contribution in [0.15, 0.2) is 24.3 Å². The van der Waals surface area contributed by atoms with Gasteiger partial charge in [0.1, 0.15) is 0 Å². The summed E-state index contributed by atoms with van der Waals surface area (Å²) in [5.74, 6) is -0.327. The van der Waals surface area contributed by atoms with Crippen LogP contribution in [-0.2, 0) is 4.52 Å². The topological polar surface area (TPSA) is 26.3 Å². The van der Waals surface area contributed by atoms with Crippen LogP contribution < -0.4 is 0 Å². The molecule has 0 aliphatic carbocycles. The molecular weight excluding hydrogens is 322 g/mol. The van der Waals surface area contributed by atoms with Crippen LogP contribution in [0.2, 0.25) is 0 Å². The Hall–Kier alpha value is -0.150. The first-order valence-corrected chi connectivity index (χ1v) is 6.45. The second kappa shape index (κ2) is 11.9. The van der Waals surface area contributed by atoms with Crippen molar-refractivity contribution in [2.75, 3.05) is 0 Å². The zero-order chi connectivity index (χ0) is 12.3. The highest BCUT2D eigenvalue weighted by molar-refractivity contribution is 14.1. The average Bonchev–Trinajstić information content (AvgIpc) is 2.34. The molecular formula is C11H18IO2P. The normalized spacial score (nSPS) is 7.60. The lowest BCUT2D eigenvalue weighted by molar-refractivity contribution is 0.0765. The zero-order valence-electron chi connectivity index (χ0n) is 9.58. The first kappa shape index (κ1) is 17.3. The smallest absolute Gasteiger partial charge is 0.340 e. The van der Waals surface area contributed by atoms with Crippen molar-refractivity contribution in [3.05, 3.63) is 33.4 Å². The van der Waals surface area contributed by atoms with E-state index in [4.69, 9.17) is 0 Å². The third kappa shape index (κ3) is 7.74. The number of halogens is 1. The minimum absolute atomic E-state index is 0.327. The number of hydrogen-bond acceptors (Lipinski definition) is 2. The number of carbonyl (C=O) groups excluding carboxylic acids is 1. The minimum Gasteiger partial charge on any atom is -0.448 e. The monoisotopic (exact) mass is 340 g/mol. The van der Waals surface area contributed by atoms with Crippen molar-refractivity contribution in [1.29, 1.82) is 0 Å². The number of hydrogen-bond donors (Lipinski definition) is 0. The van der Waals surface area contributed by atoms with E-state index in [2.05, 4.69) is 27.1 Å². The molecule has 1 aromatic carbocycles. The Kier molecular flexibility index (Phi) is 13.7. The molecule has 86 valence electrons. The Morgan fingerprint density at radius 1 is 1.13 bits per heavy atom. The standard InChI is InChI=1S/C7H6IO2P.2C2H6/c8-6-3-1-5(2-4-6)7(9)10-11;2*1-2/h1-4H,11H2;2*1-2H3. The first-order valence-electron chi connectivity index (χ1n) is 4.90. The lowest BCUT2D eigenvalue weighted by Crippen LogP contribution is -1.96. The van der Waals surface area contributed by atoms with Gasteiger partial charge < -0.3 is 4.52 Å². The van der Waals surface area contributed by atoms with Crippen LogP contribution in [-0.4, -0.2) is 5.97 Å². The van der Waals surface area contributed by atoms with Gasteiger partial charge in [-0.25, -0.2) is 4.79 Å². The molecule has 2 nitrogen and oxygen atoms in total. The molecule has 0 saturated heterocycles. The molecule has 0 amide bonds. The van der Waals surface area contributed by atoms with Crippen molar-refractivity contribution in [3.8, 4) is 0 Å². The van der Waals surface area contributed by atoms with Gasteiger partial charge in [0.25, 0.3) is 0 Å². The number of carbonyl (C=O) groups is 1. The quantitative estimate of drug-likeness (QED) is 0.563. The maximum Gasteiger partial charge on any atom is 0.340 e. The predicted octanol–water partition coefficient (Wildman–Crippen LogP) is 4.29. The van der Waals surface area contributed by atoms with E-state index < -0.39 is 0 Å². The summed E-state index contributed by atoms with van der Waals surface area (Å²) < 4.78 is 5.55. The summed E-state index contributed by atoms with van der Waals surface area (Å²) in [5, 5.41) is 0. The van der Waals surface area contributed by atoms with E-state index in [1.807, 2.05) is 49.3 Å². The summed E-state index contributed by atoms with van der Waals surface area (Å²) in [6, 6.07) is 7.18. The van der Waals surface area contributed by atoms with Crippen LogP contribution in [0.1, 0.15) is 38.1 Å². The molecule has 0 radical (unpaired) electrons. The van der Waals surface area contributed by atoms with E-state index in [1.165, 1.54) is 0 Å². The van der Waals surface area contributed by atoms with Crippen molar-refractivity contribution >= 4 is 38.0 Å². The Morgan fingerprint density at radius 2 is 1.53 bits per heavy atom. The van der Waals surface area contributed by atoms with Crippen LogP contribution in [0.3, 0.4) is 0 Å². The van der Waals surface area contributed by atoms with Gasteiger partial charge in [0.05, 0.1) is 15.0 Å². The maximum absolute atomic E-state index is 10.9. The van der Waals surface area contributed by atoms with Crippen molar-refractivity contribution in [3.63, 3.8) is 0 Å². The largest absolute Gasteiger partial charge is 0.448 e. The summed E-state index contributed by atoms with van der Waals surface area (Å²) in [4.78, 5) is 10.9. The highest BCUT2D eigenvalue weighted by Gasteiger charge is 2.02. The van der Waals surface area contributed by atoms with Gasteiger partial charge >= 0.3 is 5.97 Å². The van der Waals surface area contributed by atoms with E-state index in [1.54, 1.807) is 12.1 Å². The van der Waals surface area contributed by atoms with Crippen LogP contribution in [0.4, 0.5) is 0 Å². The maximum atomic E-state index is 10.9. The van der Waals surface area contributed by atoms with Crippen molar-refractivity contribution < 1.29 is 9.32 Å². The van der Waals surface area contributed by atoms with Gasteiger partial charge in [-0.3, -0.25) is 0 Å². The van der Waals surface area contributed by atoms with Crippen LogP contribution in [0.25, 0.3) is 0 Å². The minimum atomic E-state index is -0.327. The van der Waals surface area contributed by atoms with E-state index >= 15 is 0 Å². The second-order valence-corrected chi connectivity index (χ2v) is 3.39. The molecule has 4 heteroatoms. The van der Waals surface area contributed by atoms with Gasteiger partial charge in [-0.1, -0.05) is 27.7 Å². The van der Waals surface area contributed by atoms with E-state index in [0.717, 1.165) is 3.57 Å². The summed E-state index contributed by atoms with van der Waals surface area (Å²) in [6.45, 7) is 8.00. The predicted molar refractivity (Wildman–Crippen MR) is 77.0 cm³/mol. The Balaban J connectivity index is 0. The van der Waals surface area contributed by atoms with Crippen molar-refractivity contribution in [2.24, 2.45) is 0 Å². The second-order valence-electron chi connectivity index (χ2n) is 1.91. The van der Waals surface area contributed by atoms with Gasteiger partial charge in [0.15, 0.2) is 0 Å². The summed E-state index contributed by atoms with van der Waals surface area (Å²) in [6.07, 6.45) is 0. The molecule has 1 unspecified atom stereocenters. The van der Waals surface area contributed by atoms with Gasteiger partial charge in [-0.15, -0.1) is 0 Å². The van der Waals surface area contributed by atoms with E-state index in [-0.39, 0.29) is 5.97 Å². The highest BCUT2D eigenvalue weighted by atomic mass is 127. The fourth-order valence-electron chi connectivity index (χ4n) is 0.654. The fourth-order valence-corrected chi connectivity index (χ4v) is 1.15. The Bertz CT molecular complexity index is 260. The molecule has 15 heavy (non-hydrogen) atoms. The number of rotatable bonds is 1. The molecule has 0 heterocycles. The molecule has 0 spiro atoms. The van der Waals surface area contributed by atoms with E-state index in [9.17, 15) is 4.79 Å². The Labute approximate surface area is 108 Å². The van der Waals surface area contributed by atoms with Crippen LogP contribution >= 0.6 is 32.1 Å². The molecule has 0 saturated carbocycles. The van der Waals surface area contributed by atoms with Crippen molar-refractivity contribution in [1.82, 2.24) is 0 Å². The SMILES string of the molecule is CC.CC.O=C(OP)c1ccc(I)cc1.